The number of halogens is 2. The molecule has 3 N–H and O–H groups in total. The van der Waals surface area contributed by atoms with Gasteiger partial charge in [0.15, 0.2) is 0 Å². The van der Waals surface area contributed by atoms with Gasteiger partial charge in [0.1, 0.15) is 5.54 Å². The quantitative estimate of drug-likeness (QED) is 0.775. The first-order valence-electron chi connectivity index (χ1n) is 6.58. The second kappa shape index (κ2) is 6.22. The summed E-state index contributed by atoms with van der Waals surface area (Å²) in [6.07, 6.45) is 1.90. The summed E-state index contributed by atoms with van der Waals surface area (Å²) >= 11 is 12.1. The minimum absolute atomic E-state index is 0.104. The van der Waals surface area contributed by atoms with Gasteiger partial charge in [0.25, 0.3) is 0 Å². The van der Waals surface area contributed by atoms with Crippen LogP contribution in [0.5, 0.6) is 0 Å². The van der Waals surface area contributed by atoms with Gasteiger partial charge < -0.3 is 10.4 Å². The highest BCUT2D eigenvalue weighted by Gasteiger charge is 2.44. The van der Waals surface area contributed by atoms with Crippen molar-refractivity contribution in [1.29, 1.82) is 0 Å². The fourth-order valence-corrected chi connectivity index (χ4v) is 2.67. The monoisotopic (exact) mass is 330 g/mol. The number of carboxylic acids is 1. The molecule has 2 rings (SSSR count). The summed E-state index contributed by atoms with van der Waals surface area (Å²) in [5.74, 6) is -1.30. The lowest BCUT2D eigenvalue weighted by Gasteiger charge is -2.38. The molecule has 5 nitrogen and oxygen atoms in total. The zero-order chi connectivity index (χ0) is 15.6. The lowest BCUT2D eigenvalue weighted by atomic mass is 9.77. The number of carbonyl (C=O) groups is 2. The maximum absolute atomic E-state index is 12.0. The minimum Gasteiger partial charge on any atom is -0.480 e. The minimum atomic E-state index is -0.975. The highest BCUT2D eigenvalue weighted by Crippen LogP contribution is 2.33. The van der Waals surface area contributed by atoms with Crippen molar-refractivity contribution in [2.24, 2.45) is 0 Å². The van der Waals surface area contributed by atoms with Gasteiger partial charge in [-0.1, -0.05) is 29.3 Å². The molecule has 1 aromatic rings. The van der Waals surface area contributed by atoms with Crippen molar-refractivity contribution in [2.75, 3.05) is 11.9 Å². The molecular formula is C14H16Cl2N2O3. The van der Waals surface area contributed by atoms with E-state index in [0.29, 0.717) is 28.6 Å². The third-order valence-electron chi connectivity index (χ3n) is 3.75. The third-order valence-corrected chi connectivity index (χ3v) is 4.55. The van der Waals surface area contributed by atoms with Crippen molar-refractivity contribution in [2.45, 2.75) is 31.7 Å². The molecular weight excluding hydrogens is 315 g/mol. The number of carboxylic acid groups (broad SMARTS) is 1. The number of nitrogens with one attached hydrogen (secondary N) is 2. The van der Waals surface area contributed by atoms with Crippen LogP contribution in [0.4, 0.5) is 5.69 Å². The van der Waals surface area contributed by atoms with E-state index in [1.165, 1.54) is 0 Å². The van der Waals surface area contributed by atoms with Crippen LogP contribution in [0.25, 0.3) is 0 Å². The van der Waals surface area contributed by atoms with Gasteiger partial charge in [-0.05, 0) is 37.8 Å². The Labute approximate surface area is 132 Å². The Morgan fingerprint density at radius 1 is 1.33 bits per heavy atom. The van der Waals surface area contributed by atoms with Crippen LogP contribution in [-0.2, 0) is 9.59 Å². The molecule has 0 unspecified atom stereocenters. The molecule has 1 aliphatic carbocycles. The van der Waals surface area contributed by atoms with Crippen LogP contribution in [-0.4, -0.2) is 29.1 Å². The molecule has 0 heterocycles. The first kappa shape index (κ1) is 16.1. The Hall–Kier alpha value is -1.30. The molecule has 1 saturated carbocycles. The van der Waals surface area contributed by atoms with Crippen LogP contribution in [0.3, 0.4) is 0 Å². The Balaban J connectivity index is 2.00. The molecule has 0 radical (unpaired) electrons. The maximum atomic E-state index is 12.0. The molecule has 1 amide bonds. The summed E-state index contributed by atoms with van der Waals surface area (Å²) in [5, 5.41) is 15.3. The summed E-state index contributed by atoms with van der Waals surface area (Å²) in [6.45, 7) is 1.70. The third kappa shape index (κ3) is 3.31. The molecule has 114 valence electrons. The van der Waals surface area contributed by atoms with Crippen LogP contribution >= 0.6 is 23.2 Å². The van der Waals surface area contributed by atoms with Gasteiger partial charge in [-0.15, -0.1) is 0 Å². The van der Waals surface area contributed by atoms with E-state index in [1.54, 1.807) is 19.1 Å². The van der Waals surface area contributed by atoms with Gasteiger partial charge in [-0.2, -0.15) is 0 Å². The summed E-state index contributed by atoms with van der Waals surface area (Å²) in [4.78, 5) is 23.1. The molecule has 0 saturated heterocycles. The van der Waals surface area contributed by atoms with E-state index < -0.39 is 11.5 Å². The number of amides is 1. The van der Waals surface area contributed by atoms with E-state index in [9.17, 15) is 14.7 Å². The molecule has 7 heteroatoms. The van der Waals surface area contributed by atoms with Gasteiger partial charge in [0, 0.05) is 0 Å². The Morgan fingerprint density at radius 2 is 2.00 bits per heavy atom. The zero-order valence-electron chi connectivity index (χ0n) is 11.5. The molecule has 1 aromatic carbocycles. The van der Waals surface area contributed by atoms with Gasteiger partial charge >= 0.3 is 5.97 Å². The lowest BCUT2D eigenvalue weighted by Crippen LogP contribution is -2.58. The van der Waals surface area contributed by atoms with Crippen molar-refractivity contribution in [3.8, 4) is 0 Å². The Morgan fingerprint density at radius 3 is 2.52 bits per heavy atom. The summed E-state index contributed by atoms with van der Waals surface area (Å²) in [6, 6.07) is 3.41. The highest BCUT2D eigenvalue weighted by molar-refractivity contribution is 6.40. The number of carbonyl (C=O) groups excluding carboxylic acids is 1. The average molecular weight is 331 g/mol. The lowest BCUT2D eigenvalue weighted by molar-refractivity contribution is -0.148. The summed E-state index contributed by atoms with van der Waals surface area (Å²) in [5.41, 5.74) is 0.172. The number of aryl methyl sites for hydroxylation is 1. The van der Waals surface area contributed by atoms with E-state index in [4.69, 9.17) is 23.2 Å². The van der Waals surface area contributed by atoms with Gasteiger partial charge in [0.05, 0.1) is 22.3 Å². The van der Waals surface area contributed by atoms with Gasteiger partial charge in [-0.3, -0.25) is 14.9 Å². The number of hydrogen-bond acceptors (Lipinski definition) is 3. The van der Waals surface area contributed by atoms with E-state index in [-0.39, 0.29) is 12.5 Å². The number of anilines is 1. The number of hydrogen-bond donors (Lipinski definition) is 3. The summed E-state index contributed by atoms with van der Waals surface area (Å²) in [7, 11) is 0. The molecule has 0 spiro atoms. The molecule has 1 aliphatic rings. The summed E-state index contributed by atoms with van der Waals surface area (Å²) < 4.78 is 0. The van der Waals surface area contributed by atoms with Crippen LogP contribution in [0.15, 0.2) is 12.1 Å². The van der Waals surface area contributed by atoms with Crippen LogP contribution < -0.4 is 10.6 Å². The molecule has 1 fully saturated rings. The first-order chi connectivity index (χ1) is 9.85. The van der Waals surface area contributed by atoms with E-state index in [2.05, 4.69) is 10.6 Å². The molecule has 0 bridgehead atoms. The second-order valence-electron chi connectivity index (χ2n) is 5.20. The molecule has 0 aliphatic heterocycles. The van der Waals surface area contributed by atoms with Crippen molar-refractivity contribution >= 4 is 40.8 Å². The average Bonchev–Trinajstić information content (AvgIpc) is 2.37. The smallest absolute Gasteiger partial charge is 0.323 e. The number of rotatable bonds is 5. The van der Waals surface area contributed by atoms with Gasteiger partial charge in [-0.25, -0.2) is 0 Å². The van der Waals surface area contributed by atoms with Crippen LogP contribution in [0, 0.1) is 6.92 Å². The number of benzene rings is 1. The van der Waals surface area contributed by atoms with E-state index in [1.807, 2.05) is 0 Å². The zero-order valence-corrected chi connectivity index (χ0v) is 13.0. The van der Waals surface area contributed by atoms with E-state index in [0.717, 1.165) is 12.0 Å². The van der Waals surface area contributed by atoms with Crippen LogP contribution in [0.2, 0.25) is 10.0 Å². The van der Waals surface area contributed by atoms with Crippen LogP contribution in [0.1, 0.15) is 24.8 Å². The van der Waals surface area contributed by atoms with E-state index >= 15 is 0 Å². The first-order valence-corrected chi connectivity index (χ1v) is 7.34. The second-order valence-corrected chi connectivity index (χ2v) is 5.98. The van der Waals surface area contributed by atoms with Crippen molar-refractivity contribution in [1.82, 2.24) is 5.32 Å². The Bertz CT molecular complexity index is 586. The number of aliphatic carboxylic acids is 1. The highest BCUT2D eigenvalue weighted by atomic mass is 35.5. The van der Waals surface area contributed by atoms with Crippen molar-refractivity contribution in [3.63, 3.8) is 0 Å². The normalized spacial score (nSPS) is 16.1. The van der Waals surface area contributed by atoms with Crippen molar-refractivity contribution in [3.05, 3.63) is 27.7 Å². The molecule has 21 heavy (non-hydrogen) atoms. The molecule has 0 atom stereocenters. The molecule has 0 aromatic heterocycles. The predicted octanol–water partition coefficient (Wildman–Crippen LogP) is 2.84. The fourth-order valence-electron chi connectivity index (χ4n) is 2.20. The topological polar surface area (TPSA) is 78.4 Å². The largest absolute Gasteiger partial charge is 0.480 e. The maximum Gasteiger partial charge on any atom is 0.323 e. The Kier molecular flexibility index (Phi) is 4.76. The predicted molar refractivity (Wildman–Crippen MR) is 82.0 cm³/mol. The fraction of sp³-hybridized carbons (Fsp3) is 0.429. The van der Waals surface area contributed by atoms with Gasteiger partial charge in [0.2, 0.25) is 5.91 Å². The standard InChI is InChI=1S/C14H16Cl2N2O3/c1-8-3-4-9(15)12(11(8)16)18-10(19)7-17-14(13(20)21)5-2-6-14/h3-4,17H,2,5-7H2,1H3,(H,18,19)(H,20,21). The van der Waals surface area contributed by atoms with Crippen molar-refractivity contribution < 1.29 is 14.7 Å². The SMILES string of the molecule is Cc1ccc(Cl)c(NC(=O)CNC2(C(=O)O)CCC2)c1Cl.